The standard InChI is InChI=1S/C20H27N5O/c26-14-15-6-9-25(10-7-15)20-23-13-17-18(4-1-5-19(17)24-20)22-12-16-3-2-8-21-11-16/h2-3,8,11,13,15,18,22,26H,1,4-7,9-10,12,14H2. The van der Waals surface area contributed by atoms with Gasteiger partial charge in [-0.3, -0.25) is 4.98 Å². The van der Waals surface area contributed by atoms with E-state index < -0.39 is 0 Å². The molecular formula is C20H27N5O. The van der Waals surface area contributed by atoms with Gasteiger partial charge in [0, 0.05) is 56.4 Å². The average Bonchev–Trinajstić information content (AvgIpc) is 2.72. The van der Waals surface area contributed by atoms with Gasteiger partial charge < -0.3 is 15.3 Å². The van der Waals surface area contributed by atoms with Crippen molar-refractivity contribution in [1.29, 1.82) is 0 Å². The zero-order valence-electron chi connectivity index (χ0n) is 15.1. The Bertz CT molecular complexity index is 715. The molecule has 1 fully saturated rings. The van der Waals surface area contributed by atoms with Crippen LogP contribution in [0.4, 0.5) is 5.95 Å². The van der Waals surface area contributed by atoms with Gasteiger partial charge in [-0.25, -0.2) is 9.97 Å². The number of anilines is 1. The van der Waals surface area contributed by atoms with E-state index in [9.17, 15) is 5.11 Å². The van der Waals surface area contributed by atoms with E-state index in [1.807, 2.05) is 18.5 Å². The van der Waals surface area contributed by atoms with Crippen LogP contribution in [0.2, 0.25) is 0 Å². The first-order valence-corrected chi connectivity index (χ1v) is 9.67. The smallest absolute Gasteiger partial charge is 0.225 e. The van der Waals surface area contributed by atoms with Gasteiger partial charge in [-0.15, -0.1) is 0 Å². The molecule has 1 saturated heterocycles. The summed E-state index contributed by atoms with van der Waals surface area (Å²) >= 11 is 0. The summed E-state index contributed by atoms with van der Waals surface area (Å²) < 4.78 is 0. The molecule has 0 saturated carbocycles. The lowest BCUT2D eigenvalue weighted by Gasteiger charge is -2.32. The zero-order valence-corrected chi connectivity index (χ0v) is 15.1. The van der Waals surface area contributed by atoms with Gasteiger partial charge in [0.15, 0.2) is 0 Å². The fraction of sp³-hybridized carbons (Fsp3) is 0.550. The van der Waals surface area contributed by atoms with Crippen molar-refractivity contribution in [3.63, 3.8) is 0 Å². The minimum absolute atomic E-state index is 0.295. The highest BCUT2D eigenvalue weighted by atomic mass is 16.3. The summed E-state index contributed by atoms with van der Waals surface area (Å²) in [7, 11) is 0. The van der Waals surface area contributed by atoms with Gasteiger partial charge in [0.05, 0.1) is 5.69 Å². The molecule has 1 aliphatic heterocycles. The number of aryl methyl sites for hydroxylation is 1. The van der Waals surface area contributed by atoms with Crippen molar-refractivity contribution < 1.29 is 5.11 Å². The highest BCUT2D eigenvalue weighted by Crippen LogP contribution is 2.30. The summed E-state index contributed by atoms with van der Waals surface area (Å²) in [6.07, 6.45) is 11.1. The first kappa shape index (κ1) is 17.4. The Kier molecular flexibility index (Phi) is 5.41. The average molecular weight is 353 g/mol. The van der Waals surface area contributed by atoms with Crippen molar-refractivity contribution in [1.82, 2.24) is 20.3 Å². The third-order valence-corrected chi connectivity index (χ3v) is 5.60. The Morgan fingerprint density at radius 2 is 2.08 bits per heavy atom. The van der Waals surface area contributed by atoms with Crippen molar-refractivity contribution in [2.75, 3.05) is 24.6 Å². The van der Waals surface area contributed by atoms with E-state index in [1.54, 1.807) is 6.20 Å². The van der Waals surface area contributed by atoms with Crippen molar-refractivity contribution in [2.24, 2.45) is 5.92 Å². The molecule has 26 heavy (non-hydrogen) atoms. The molecule has 2 aliphatic rings. The summed E-state index contributed by atoms with van der Waals surface area (Å²) in [6, 6.07) is 4.38. The minimum atomic E-state index is 0.295. The van der Waals surface area contributed by atoms with Crippen LogP contribution in [0.25, 0.3) is 0 Å². The topological polar surface area (TPSA) is 74.2 Å². The highest BCUT2D eigenvalue weighted by Gasteiger charge is 2.25. The zero-order chi connectivity index (χ0) is 17.8. The van der Waals surface area contributed by atoms with E-state index in [-0.39, 0.29) is 0 Å². The fourth-order valence-corrected chi connectivity index (χ4v) is 3.96. The number of piperidine rings is 1. The molecule has 138 valence electrons. The second kappa shape index (κ2) is 8.10. The summed E-state index contributed by atoms with van der Waals surface area (Å²) in [5, 5.41) is 13.0. The Labute approximate surface area is 154 Å². The van der Waals surface area contributed by atoms with Gasteiger partial charge in [-0.2, -0.15) is 0 Å². The number of aliphatic hydroxyl groups is 1. The Morgan fingerprint density at radius 1 is 1.19 bits per heavy atom. The quantitative estimate of drug-likeness (QED) is 0.859. The van der Waals surface area contributed by atoms with E-state index in [4.69, 9.17) is 4.98 Å². The summed E-state index contributed by atoms with van der Waals surface area (Å²) in [4.78, 5) is 16.0. The number of nitrogens with one attached hydrogen (secondary N) is 1. The lowest BCUT2D eigenvalue weighted by Crippen LogP contribution is -2.36. The molecular weight excluding hydrogens is 326 g/mol. The van der Waals surface area contributed by atoms with Crippen molar-refractivity contribution in [3.8, 4) is 0 Å². The number of rotatable bonds is 5. The largest absolute Gasteiger partial charge is 0.396 e. The molecule has 0 radical (unpaired) electrons. The van der Waals surface area contributed by atoms with E-state index in [0.29, 0.717) is 18.6 Å². The molecule has 1 atom stereocenters. The monoisotopic (exact) mass is 353 g/mol. The van der Waals surface area contributed by atoms with E-state index in [2.05, 4.69) is 26.3 Å². The number of hydrogen-bond acceptors (Lipinski definition) is 6. The molecule has 4 rings (SSSR count). The van der Waals surface area contributed by atoms with Crippen LogP contribution in [0.3, 0.4) is 0 Å². The highest BCUT2D eigenvalue weighted by molar-refractivity contribution is 5.36. The molecule has 2 aromatic heterocycles. The molecule has 1 unspecified atom stereocenters. The van der Waals surface area contributed by atoms with E-state index in [0.717, 1.165) is 57.7 Å². The van der Waals surface area contributed by atoms with Gasteiger partial charge >= 0.3 is 0 Å². The fourth-order valence-electron chi connectivity index (χ4n) is 3.96. The molecule has 2 N–H and O–H groups in total. The Balaban J connectivity index is 1.44. The lowest BCUT2D eigenvalue weighted by atomic mass is 9.92. The van der Waals surface area contributed by atoms with Gasteiger partial charge in [0.25, 0.3) is 0 Å². The maximum atomic E-state index is 9.31. The molecule has 6 heteroatoms. The number of aromatic nitrogens is 3. The van der Waals surface area contributed by atoms with Gasteiger partial charge in [0.2, 0.25) is 5.95 Å². The van der Waals surface area contributed by atoms with Gasteiger partial charge in [-0.05, 0) is 49.7 Å². The van der Waals surface area contributed by atoms with Crippen molar-refractivity contribution >= 4 is 5.95 Å². The number of aliphatic hydroxyl groups excluding tert-OH is 1. The maximum absolute atomic E-state index is 9.31. The van der Waals surface area contributed by atoms with Crippen LogP contribution >= 0.6 is 0 Å². The van der Waals surface area contributed by atoms with Crippen molar-refractivity contribution in [2.45, 2.75) is 44.7 Å². The molecule has 0 spiro atoms. The molecule has 6 nitrogen and oxygen atoms in total. The van der Waals surface area contributed by atoms with E-state index in [1.165, 1.54) is 16.8 Å². The van der Waals surface area contributed by atoms with Crippen LogP contribution in [0.1, 0.15) is 48.5 Å². The third-order valence-electron chi connectivity index (χ3n) is 5.60. The Morgan fingerprint density at radius 3 is 2.85 bits per heavy atom. The first-order chi connectivity index (χ1) is 12.8. The first-order valence-electron chi connectivity index (χ1n) is 9.67. The third kappa shape index (κ3) is 3.86. The Hall–Kier alpha value is -2.05. The van der Waals surface area contributed by atoms with Gasteiger partial charge in [-0.1, -0.05) is 6.07 Å². The molecule has 1 aliphatic carbocycles. The molecule has 3 heterocycles. The van der Waals surface area contributed by atoms with Crippen molar-refractivity contribution in [3.05, 3.63) is 47.5 Å². The molecule has 0 amide bonds. The summed E-state index contributed by atoms with van der Waals surface area (Å²) in [5.41, 5.74) is 3.63. The number of fused-ring (bicyclic) bond motifs is 1. The SMILES string of the molecule is OCC1CCN(c2ncc3c(n2)CCCC3NCc2cccnc2)CC1. The molecule has 0 aromatic carbocycles. The predicted octanol–water partition coefficient (Wildman–Crippen LogP) is 2.25. The van der Waals surface area contributed by atoms with Crippen LogP contribution in [0, 0.1) is 5.92 Å². The minimum Gasteiger partial charge on any atom is -0.396 e. The van der Waals surface area contributed by atoms with Crippen LogP contribution in [-0.4, -0.2) is 39.8 Å². The number of nitrogens with zero attached hydrogens (tertiary/aromatic N) is 4. The molecule has 2 aromatic rings. The van der Waals surface area contributed by atoms with Gasteiger partial charge in [0.1, 0.15) is 0 Å². The molecule has 0 bridgehead atoms. The van der Waals surface area contributed by atoms with Crippen LogP contribution in [0.5, 0.6) is 0 Å². The van der Waals surface area contributed by atoms with E-state index >= 15 is 0 Å². The van der Waals surface area contributed by atoms with Crippen LogP contribution in [-0.2, 0) is 13.0 Å². The summed E-state index contributed by atoms with van der Waals surface area (Å²) in [5.74, 6) is 1.29. The second-order valence-electron chi connectivity index (χ2n) is 7.37. The maximum Gasteiger partial charge on any atom is 0.225 e. The van der Waals surface area contributed by atoms with Crippen LogP contribution < -0.4 is 10.2 Å². The number of hydrogen-bond donors (Lipinski definition) is 2. The predicted molar refractivity (Wildman–Crippen MR) is 101 cm³/mol. The van der Waals surface area contributed by atoms with Crippen LogP contribution in [0.15, 0.2) is 30.7 Å². The second-order valence-corrected chi connectivity index (χ2v) is 7.37. The lowest BCUT2D eigenvalue weighted by molar-refractivity contribution is 0.202. The summed E-state index contributed by atoms with van der Waals surface area (Å²) in [6.45, 7) is 2.98. The normalized spacial score (nSPS) is 20.8. The number of pyridine rings is 1.